The van der Waals surface area contributed by atoms with Crippen LogP contribution in [0, 0.1) is 0 Å². The lowest BCUT2D eigenvalue weighted by molar-refractivity contribution is -0.137. The molecule has 0 heterocycles. The summed E-state index contributed by atoms with van der Waals surface area (Å²) in [6, 6.07) is 10.1. The zero-order valence-electron chi connectivity index (χ0n) is 17.0. The summed E-state index contributed by atoms with van der Waals surface area (Å²) in [5.74, 6) is -2.54. The topological polar surface area (TPSA) is 198 Å². The number of carboxylic acid groups (broad SMARTS) is 1. The Balaban J connectivity index is 2.03. The number of carbonyl (C=O) groups excluding carboxylic acids is 3. The number of benzene rings is 2. The first kappa shape index (κ1) is 23.7. The summed E-state index contributed by atoms with van der Waals surface area (Å²) in [7, 11) is 1.24. The fourth-order valence-corrected chi connectivity index (χ4v) is 2.64. The molecule has 12 heteroatoms. The lowest BCUT2D eigenvalue weighted by Gasteiger charge is -2.18. The highest BCUT2D eigenvalue weighted by Gasteiger charge is 2.19. The van der Waals surface area contributed by atoms with Crippen LogP contribution in [0.2, 0.25) is 0 Å². The number of carbonyl (C=O) groups is 4. The Bertz CT molecular complexity index is 1030. The number of hydrogen-bond donors (Lipinski definition) is 6. The largest absolute Gasteiger partial charge is 0.481 e. The van der Waals surface area contributed by atoms with E-state index in [9.17, 15) is 19.2 Å². The van der Waals surface area contributed by atoms with Gasteiger partial charge in [-0.1, -0.05) is 18.2 Å². The van der Waals surface area contributed by atoms with E-state index in [-0.39, 0.29) is 17.1 Å². The van der Waals surface area contributed by atoms with Crippen LogP contribution in [0.5, 0.6) is 0 Å². The Morgan fingerprint density at radius 3 is 2.31 bits per heavy atom. The van der Waals surface area contributed by atoms with Gasteiger partial charge in [-0.05, 0) is 35.9 Å². The smallest absolute Gasteiger partial charge is 0.337 e. The van der Waals surface area contributed by atoms with Gasteiger partial charge in [-0.2, -0.15) is 0 Å². The van der Waals surface area contributed by atoms with Gasteiger partial charge < -0.3 is 26.6 Å². The number of nitrogens with zero attached hydrogens (tertiary/aromatic N) is 1. The van der Waals surface area contributed by atoms with E-state index in [4.69, 9.17) is 16.6 Å². The van der Waals surface area contributed by atoms with Gasteiger partial charge in [0.05, 0.1) is 30.8 Å². The second-order valence-corrected chi connectivity index (χ2v) is 6.40. The van der Waals surface area contributed by atoms with Gasteiger partial charge in [-0.25, -0.2) is 20.0 Å². The molecule has 32 heavy (non-hydrogen) atoms. The Labute approximate surface area is 182 Å². The highest BCUT2D eigenvalue weighted by Crippen LogP contribution is 2.18. The van der Waals surface area contributed by atoms with Gasteiger partial charge in [-0.15, -0.1) is 0 Å². The van der Waals surface area contributed by atoms with Gasteiger partial charge in [0, 0.05) is 5.56 Å². The molecule has 0 aliphatic rings. The lowest BCUT2D eigenvalue weighted by atomic mass is 10.0. The number of aliphatic imine (C=N–C) groups is 1. The molecule has 0 unspecified atom stereocenters. The van der Waals surface area contributed by atoms with Crippen LogP contribution in [0.1, 0.15) is 38.7 Å². The fourth-order valence-electron chi connectivity index (χ4n) is 2.64. The maximum Gasteiger partial charge on any atom is 0.337 e. The van der Waals surface area contributed by atoms with Crippen molar-refractivity contribution in [3.63, 3.8) is 0 Å². The number of hydrazine groups is 1. The molecule has 0 fully saturated rings. The summed E-state index contributed by atoms with van der Waals surface area (Å²) in [6.45, 7) is 0. The van der Waals surface area contributed by atoms with E-state index >= 15 is 0 Å². The summed E-state index contributed by atoms with van der Waals surface area (Å²) in [6.07, 6.45) is -0.431. The second-order valence-electron chi connectivity index (χ2n) is 6.40. The minimum absolute atomic E-state index is 0.174. The van der Waals surface area contributed by atoms with Crippen molar-refractivity contribution in [1.82, 2.24) is 16.2 Å². The average molecular weight is 442 g/mol. The Kier molecular flexibility index (Phi) is 8.11. The first-order valence-electron chi connectivity index (χ1n) is 9.16. The Morgan fingerprint density at radius 1 is 1.03 bits per heavy atom. The number of nitrogens with two attached hydrogens (primary N) is 2. The van der Waals surface area contributed by atoms with Crippen LogP contribution >= 0.6 is 0 Å². The Morgan fingerprint density at radius 2 is 1.72 bits per heavy atom. The maximum atomic E-state index is 12.2. The van der Waals surface area contributed by atoms with Crippen LogP contribution in [-0.4, -0.2) is 42.1 Å². The van der Waals surface area contributed by atoms with E-state index < -0.39 is 36.3 Å². The zero-order valence-corrected chi connectivity index (χ0v) is 17.0. The quantitative estimate of drug-likeness (QED) is 0.154. The summed E-state index contributed by atoms with van der Waals surface area (Å²) < 4.78 is 4.61. The SMILES string of the molecule is COC(=O)c1ccc([C@H](CC(=O)O)NC(=O)NNC(=O)c2cccc(N=C(N)N)c2)cc1. The average Bonchev–Trinajstić information content (AvgIpc) is 2.76. The standard InChI is InChI=1S/C20H22N6O6/c1-32-18(30)12-7-5-11(6-8-12)15(10-16(27)28)24-20(31)26-25-17(29)13-3-2-4-14(9-13)23-19(21)22/h2-9,15H,10H2,1H3,(H,25,29)(H,27,28)(H4,21,22,23)(H2,24,26,31)/t15-/m0/s1. The van der Waals surface area contributed by atoms with Gasteiger partial charge in [0.25, 0.3) is 5.91 Å². The molecule has 1 atom stereocenters. The summed E-state index contributed by atoms with van der Waals surface area (Å²) in [5.41, 5.74) is 16.2. The molecule has 12 nitrogen and oxygen atoms in total. The van der Waals surface area contributed by atoms with Crippen LogP contribution < -0.4 is 27.6 Å². The van der Waals surface area contributed by atoms with Crippen molar-refractivity contribution in [2.24, 2.45) is 16.5 Å². The van der Waals surface area contributed by atoms with Gasteiger partial charge in [0.1, 0.15) is 0 Å². The van der Waals surface area contributed by atoms with Crippen LogP contribution in [0.25, 0.3) is 0 Å². The number of methoxy groups -OCH3 is 1. The van der Waals surface area contributed by atoms with E-state index in [1.54, 1.807) is 12.1 Å². The number of guanidine groups is 1. The van der Waals surface area contributed by atoms with Crippen molar-refractivity contribution in [2.75, 3.05) is 7.11 Å². The maximum absolute atomic E-state index is 12.2. The number of esters is 1. The predicted molar refractivity (Wildman–Crippen MR) is 114 cm³/mol. The number of rotatable bonds is 7. The van der Waals surface area contributed by atoms with E-state index in [0.717, 1.165) is 0 Å². The molecule has 2 aromatic carbocycles. The number of aliphatic carboxylic acids is 1. The molecule has 168 valence electrons. The molecule has 0 radical (unpaired) electrons. The van der Waals surface area contributed by atoms with Crippen molar-refractivity contribution in [1.29, 1.82) is 0 Å². The Hall–Kier alpha value is -4.61. The first-order valence-corrected chi connectivity index (χ1v) is 9.16. The third kappa shape index (κ3) is 7.02. The summed E-state index contributed by atoms with van der Waals surface area (Å²) in [4.78, 5) is 51.0. The zero-order chi connectivity index (χ0) is 23.7. The minimum Gasteiger partial charge on any atom is -0.481 e. The minimum atomic E-state index is -1.16. The molecule has 2 rings (SSSR count). The molecule has 0 aliphatic carbocycles. The van der Waals surface area contributed by atoms with Crippen molar-refractivity contribution in [3.8, 4) is 0 Å². The first-order chi connectivity index (χ1) is 15.2. The molecule has 3 amide bonds. The third-order valence-electron chi connectivity index (χ3n) is 4.07. The van der Waals surface area contributed by atoms with E-state index in [1.165, 1.54) is 43.5 Å². The number of nitrogens with one attached hydrogen (secondary N) is 3. The molecule has 2 aromatic rings. The molecule has 0 bridgehead atoms. The number of urea groups is 1. The molecule has 0 spiro atoms. The van der Waals surface area contributed by atoms with Crippen molar-refractivity contribution in [2.45, 2.75) is 12.5 Å². The lowest BCUT2D eigenvalue weighted by Crippen LogP contribution is -2.48. The molecule has 0 aromatic heterocycles. The van der Waals surface area contributed by atoms with E-state index in [1.807, 2.05) is 0 Å². The van der Waals surface area contributed by atoms with E-state index in [0.29, 0.717) is 11.3 Å². The van der Waals surface area contributed by atoms with Crippen LogP contribution in [0.15, 0.2) is 53.5 Å². The molecule has 0 saturated heterocycles. The summed E-state index contributed by atoms with van der Waals surface area (Å²) in [5, 5.41) is 11.6. The monoisotopic (exact) mass is 442 g/mol. The fraction of sp³-hybridized carbons (Fsp3) is 0.150. The van der Waals surface area contributed by atoms with Crippen LogP contribution in [0.3, 0.4) is 0 Å². The van der Waals surface area contributed by atoms with E-state index in [2.05, 4.69) is 25.9 Å². The highest BCUT2D eigenvalue weighted by molar-refractivity contribution is 5.96. The molecule has 0 aliphatic heterocycles. The van der Waals surface area contributed by atoms with Crippen LogP contribution in [-0.2, 0) is 9.53 Å². The van der Waals surface area contributed by atoms with Gasteiger partial charge in [0.15, 0.2) is 5.96 Å². The molecule has 8 N–H and O–H groups in total. The number of carboxylic acids is 1. The third-order valence-corrected chi connectivity index (χ3v) is 4.07. The normalized spacial score (nSPS) is 10.9. The molecular weight excluding hydrogens is 420 g/mol. The molecular formula is C20H22N6O6. The van der Waals surface area contributed by atoms with Crippen molar-refractivity contribution >= 4 is 35.5 Å². The van der Waals surface area contributed by atoms with Gasteiger partial charge in [-0.3, -0.25) is 15.0 Å². The summed E-state index contributed by atoms with van der Waals surface area (Å²) >= 11 is 0. The molecule has 0 saturated carbocycles. The van der Waals surface area contributed by atoms with Gasteiger partial charge >= 0.3 is 18.0 Å². The van der Waals surface area contributed by atoms with Crippen molar-refractivity contribution in [3.05, 3.63) is 65.2 Å². The highest BCUT2D eigenvalue weighted by atomic mass is 16.5. The van der Waals surface area contributed by atoms with Crippen LogP contribution in [0.4, 0.5) is 10.5 Å². The predicted octanol–water partition coefficient (Wildman–Crippen LogP) is 0.538. The number of amides is 3. The second kappa shape index (κ2) is 11.0. The number of hydrogen-bond acceptors (Lipinski definition) is 6. The number of ether oxygens (including phenoxy) is 1. The van der Waals surface area contributed by atoms with Gasteiger partial charge in [0.2, 0.25) is 0 Å². The van der Waals surface area contributed by atoms with Crippen molar-refractivity contribution < 1.29 is 29.0 Å².